The Hall–Kier alpha value is -0.160. The van der Waals surface area contributed by atoms with Gasteiger partial charge in [-0.15, -0.1) is 0 Å². The van der Waals surface area contributed by atoms with Gasteiger partial charge in [0.25, 0.3) is 0 Å². The van der Waals surface area contributed by atoms with Crippen molar-refractivity contribution in [3.05, 3.63) is 0 Å². The molecular formula is C8H15NO3. The first-order valence-corrected chi connectivity index (χ1v) is 4.48. The molecule has 0 aromatic heterocycles. The number of piperidine rings is 1. The zero-order valence-corrected chi connectivity index (χ0v) is 6.93. The molecule has 0 radical (unpaired) electrons. The van der Waals surface area contributed by atoms with Gasteiger partial charge < -0.3 is 15.3 Å². The molecule has 0 bridgehead atoms. The third kappa shape index (κ3) is 1.15. The Balaban J connectivity index is 2.12. The molecule has 2 rings (SSSR count). The maximum absolute atomic E-state index is 9.55. The van der Waals surface area contributed by atoms with Gasteiger partial charge in [-0.25, -0.2) is 0 Å². The highest BCUT2D eigenvalue weighted by Crippen LogP contribution is 2.27. The number of nitrogens with zero attached hydrogens (tertiary/aromatic N) is 1. The van der Waals surface area contributed by atoms with Crippen molar-refractivity contribution >= 4 is 0 Å². The summed E-state index contributed by atoms with van der Waals surface area (Å²) in [7, 11) is 0. The second kappa shape index (κ2) is 2.96. The molecule has 2 saturated heterocycles. The summed E-state index contributed by atoms with van der Waals surface area (Å²) >= 11 is 0. The van der Waals surface area contributed by atoms with Crippen LogP contribution >= 0.6 is 0 Å². The largest absolute Gasteiger partial charge is 0.391 e. The van der Waals surface area contributed by atoms with Crippen molar-refractivity contribution < 1.29 is 15.3 Å². The minimum absolute atomic E-state index is 0.228. The molecule has 0 aliphatic carbocycles. The van der Waals surface area contributed by atoms with E-state index in [1.165, 1.54) is 0 Å². The molecule has 3 N–H and O–H groups in total. The number of hydrogen-bond acceptors (Lipinski definition) is 4. The van der Waals surface area contributed by atoms with Crippen molar-refractivity contribution in [1.82, 2.24) is 4.90 Å². The molecule has 4 heteroatoms. The Bertz CT molecular complexity index is 176. The Morgan fingerprint density at radius 2 is 1.83 bits per heavy atom. The van der Waals surface area contributed by atoms with Gasteiger partial charge in [0.15, 0.2) is 0 Å². The molecule has 2 fully saturated rings. The van der Waals surface area contributed by atoms with E-state index in [2.05, 4.69) is 0 Å². The summed E-state index contributed by atoms with van der Waals surface area (Å²) in [5, 5.41) is 28.4. The van der Waals surface area contributed by atoms with Crippen LogP contribution in [0.2, 0.25) is 0 Å². The lowest BCUT2D eigenvalue weighted by Crippen LogP contribution is -2.48. The first-order chi connectivity index (χ1) is 5.70. The van der Waals surface area contributed by atoms with Crippen molar-refractivity contribution in [2.24, 2.45) is 0 Å². The van der Waals surface area contributed by atoms with Crippen LogP contribution in [0.15, 0.2) is 0 Å². The minimum Gasteiger partial charge on any atom is -0.391 e. The van der Waals surface area contributed by atoms with Crippen molar-refractivity contribution in [2.75, 3.05) is 13.1 Å². The zero-order chi connectivity index (χ0) is 8.72. The van der Waals surface area contributed by atoms with E-state index in [4.69, 9.17) is 0 Å². The van der Waals surface area contributed by atoms with Crippen molar-refractivity contribution in [3.8, 4) is 0 Å². The molecule has 0 spiro atoms. The average Bonchev–Trinajstić information content (AvgIpc) is 2.29. The van der Waals surface area contributed by atoms with Crippen LogP contribution in [0.1, 0.15) is 12.8 Å². The molecule has 2 aliphatic heterocycles. The normalized spacial score (nSPS) is 49.2. The van der Waals surface area contributed by atoms with Crippen molar-refractivity contribution in [3.63, 3.8) is 0 Å². The van der Waals surface area contributed by atoms with Crippen LogP contribution in [0.5, 0.6) is 0 Å². The van der Waals surface area contributed by atoms with Gasteiger partial charge >= 0.3 is 0 Å². The maximum Gasteiger partial charge on any atom is 0.0991 e. The summed E-state index contributed by atoms with van der Waals surface area (Å²) in [6, 6.07) is -0.228. The van der Waals surface area contributed by atoms with E-state index in [9.17, 15) is 15.3 Å². The monoisotopic (exact) mass is 173 g/mol. The van der Waals surface area contributed by atoms with E-state index in [1.54, 1.807) is 0 Å². The fraction of sp³-hybridized carbons (Fsp3) is 1.00. The number of rotatable bonds is 0. The van der Waals surface area contributed by atoms with Gasteiger partial charge in [-0.1, -0.05) is 0 Å². The van der Waals surface area contributed by atoms with Crippen LogP contribution in [0.25, 0.3) is 0 Å². The molecule has 70 valence electrons. The van der Waals surface area contributed by atoms with Crippen LogP contribution < -0.4 is 0 Å². The maximum atomic E-state index is 9.55. The van der Waals surface area contributed by atoms with Gasteiger partial charge in [0, 0.05) is 6.54 Å². The molecule has 0 amide bonds. The molecule has 0 aromatic rings. The Kier molecular flexibility index (Phi) is 2.08. The second-order valence-electron chi connectivity index (χ2n) is 3.75. The lowest BCUT2D eigenvalue weighted by Gasteiger charge is -2.34. The summed E-state index contributed by atoms with van der Waals surface area (Å²) in [6.07, 6.45) is -0.212. The lowest BCUT2D eigenvalue weighted by atomic mass is 9.97. The number of fused-ring (bicyclic) bond motifs is 1. The third-order valence-corrected chi connectivity index (χ3v) is 2.93. The van der Waals surface area contributed by atoms with E-state index in [0.29, 0.717) is 6.54 Å². The predicted molar refractivity (Wildman–Crippen MR) is 42.6 cm³/mol. The Morgan fingerprint density at radius 3 is 2.50 bits per heavy atom. The molecule has 2 aliphatic rings. The summed E-state index contributed by atoms with van der Waals surface area (Å²) in [5.74, 6) is 0. The predicted octanol–water partition coefficient (Wildman–Crippen LogP) is -1.45. The van der Waals surface area contributed by atoms with Crippen LogP contribution in [-0.2, 0) is 0 Å². The number of aliphatic hydroxyl groups excluding tert-OH is 3. The molecule has 4 atom stereocenters. The Labute approximate surface area is 71.4 Å². The quantitative estimate of drug-likeness (QED) is 0.419. The molecule has 0 aromatic carbocycles. The molecule has 12 heavy (non-hydrogen) atoms. The van der Waals surface area contributed by atoms with E-state index >= 15 is 0 Å². The fourth-order valence-electron chi connectivity index (χ4n) is 2.30. The van der Waals surface area contributed by atoms with Crippen LogP contribution in [0.4, 0.5) is 0 Å². The van der Waals surface area contributed by atoms with Crippen LogP contribution in [0.3, 0.4) is 0 Å². The van der Waals surface area contributed by atoms with E-state index in [1.807, 2.05) is 4.90 Å². The third-order valence-electron chi connectivity index (χ3n) is 2.93. The lowest BCUT2D eigenvalue weighted by molar-refractivity contribution is -0.0282. The number of aliphatic hydroxyl groups is 3. The zero-order valence-electron chi connectivity index (χ0n) is 6.93. The highest BCUT2D eigenvalue weighted by molar-refractivity contribution is 4.99. The fourth-order valence-corrected chi connectivity index (χ4v) is 2.30. The SMILES string of the molecule is O[C@H]1[C@@H]2[C@H](O)CCCN2C[C@H]1O. The van der Waals surface area contributed by atoms with Crippen molar-refractivity contribution in [2.45, 2.75) is 37.2 Å². The molecule has 2 heterocycles. The van der Waals surface area contributed by atoms with Gasteiger partial charge in [0.05, 0.1) is 24.4 Å². The minimum atomic E-state index is -0.764. The standard InChI is InChI=1S/C8H15NO3/c10-5-2-1-3-9-4-6(11)8(12)7(5)9/h5-8,10-12H,1-4H2/t5-,6-,7+,8-/m1/s1. The summed E-state index contributed by atoms with van der Waals surface area (Å²) in [5.41, 5.74) is 0. The smallest absolute Gasteiger partial charge is 0.0991 e. The van der Waals surface area contributed by atoms with Gasteiger partial charge in [-0.3, -0.25) is 4.90 Å². The van der Waals surface area contributed by atoms with E-state index in [-0.39, 0.29) is 6.04 Å². The summed E-state index contributed by atoms with van der Waals surface area (Å²) in [4.78, 5) is 1.98. The van der Waals surface area contributed by atoms with Gasteiger partial charge in [0.1, 0.15) is 0 Å². The van der Waals surface area contributed by atoms with Gasteiger partial charge in [0.2, 0.25) is 0 Å². The van der Waals surface area contributed by atoms with Crippen LogP contribution in [-0.4, -0.2) is 57.7 Å². The van der Waals surface area contributed by atoms with Gasteiger partial charge in [-0.05, 0) is 19.4 Å². The highest BCUT2D eigenvalue weighted by Gasteiger charge is 2.45. The number of hydrogen-bond donors (Lipinski definition) is 3. The highest BCUT2D eigenvalue weighted by atomic mass is 16.3. The molecule has 4 nitrogen and oxygen atoms in total. The molecule has 0 saturated carbocycles. The Morgan fingerprint density at radius 1 is 1.08 bits per heavy atom. The topological polar surface area (TPSA) is 63.9 Å². The van der Waals surface area contributed by atoms with Gasteiger partial charge in [-0.2, -0.15) is 0 Å². The van der Waals surface area contributed by atoms with Crippen LogP contribution in [0, 0.1) is 0 Å². The average molecular weight is 173 g/mol. The molecule has 0 unspecified atom stereocenters. The van der Waals surface area contributed by atoms with E-state index < -0.39 is 18.3 Å². The summed E-state index contributed by atoms with van der Waals surface area (Å²) < 4.78 is 0. The molecular weight excluding hydrogens is 158 g/mol. The van der Waals surface area contributed by atoms with E-state index in [0.717, 1.165) is 19.4 Å². The van der Waals surface area contributed by atoms with Crippen molar-refractivity contribution in [1.29, 1.82) is 0 Å². The first-order valence-electron chi connectivity index (χ1n) is 4.48. The summed E-state index contributed by atoms with van der Waals surface area (Å²) in [6.45, 7) is 1.39. The second-order valence-corrected chi connectivity index (χ2v) is 3.75. The first kappa shape index (κ1) is 8.44.